The first-order valence-electron chi connectivity index (χ1n) is 26.8. The topological polar surface area (TPSA) is 36.9 Å². The summed E-state index contributed by atoms with van der Waals surface area (Å²) in [6.45, 7) is 16.4. The summed E-state index contributed by atoms with van der Waals surface area (Å²) in [6, 6.07) is 0. The second-order valence-corrected chi connectivity index (χ2v) is 21.6. The largest absolute Gasteiger partial charge is 0.379 e. The molecule has 4 fully saturated rings. The molecule has 10 atom stereocenters. The summed E-state index contributed by atoms with van der Waals surface area (Å²) < 4.78 is 25.2. The minimum absolute atomic E-state index is 0.186. The van der Waals surface area contributed by atoms with Crippen LogP contribution in [0.2, 0.25) is 0 Å². The Bertz CT molecular complexity index is 1210. The molecule has 4 saturated carbocycles. The molecular formula is C56H98O4. The van der Waals surface area contributed by atoms with Crippen molar-refractivity contribution in [2.45, 2.75) is 227 Å². The fourth-order valence-corrected chi connectivity index (χ4v) is 13.0. The monoisotopic (exact) mass is 835 g/mol. The number of fused-ring (bicyclic) bond motifs is 5. The zero-order chi connectivity index (χ0) is 42.3. The van der Waals surface area contributed by atoms with Gasteiger partial charge in [0.15, 0.2) is 0 Å². The van der Waals surface area contributed by atoms with Gasteiger partial charge in [0, 0.05) is 6.61 Å². The van der Waals surface area contributed by atoms with Gasteiger partial charge in [-0.25, -0.2) is 0 Å². The Morgan fingerprint density at radius 3 is 2.28 bits per heavy atom. The van der Waals surface area contributed by atoms with E-state index in [1.165, 1.54) is 161 Å². The van der Waals surface area contributed by atoms with Gasteiger partial charge >= 0.3 is 0 Å². The maximum atomic E-state index is 6.47. The molecule has 0 bridgehead atoms. The number of rotatable bonds is 32. The van der Waals surface area contributed by atoms with Crippen LogP contribution in [0.4, 0.5) is 0 Å². The van der Waals surface area contributed by atoms with Gasteiger partial charge in [-0.3, -0.25) is 0 Å². The fourth-order valence-electron chi connectivity index (χ4n) is 13.0. The molecule has 0 aliphatic heterocycles. The van der Waals surface area contributed by atoms with Crippen LogP contribution in [-0.2, 0) is 18.9 Å². The average Bonchev–Trinajstić information content (AvgIpc) is 3.82. The van der Waals surface area contributed by atoms with Gasteiger partial charge in [-0.1, -0.05) is 148 Å². The van der Waals surface area contributed by atoms with Crippen molar-refractivity contribution < 1.29 is 18.9 Å². The lowest BCUT2D eigenvalue weighted by atomic mass is 9.54. The smallest absolute Gasteiger partial charge is 0.0812 e. The lowest BCUT2D eigenvalue weighted by molar-refractivity contribution is -0.0602. The van der Waals surface area contributed by atoms with Crippen LogP contribution < -0.4 is 0 Å². The highest BCUT2D eigenvalue weighted by molar-refractivity contribution is 5.19. The Morgan fingerprint density at radius 1 is 0.717 bits per heavy atom. The molecule has 0 aromatic heterocycles. The van der Waals surface area contributed by atoms with Crippen molar-refractivity contribution in [1.29, 1.82) is 0 Å². The fraction of sp³-hybridized carbons (Fsp3) is 0.893. The summed E-state index contributed by atoms with van der Waals surface area (Å²) in [4.78, 5) is 0. The molecule has 7 unspecified atom stereocenters. The Kier molecular flexibility index (Phi) is 24.0. The van der Waals surface area contributed by atoms with Crippen LogP contribution >= 0.6 is 0 Å². The van der Waals surface area contributed by atoms with Crippen LogP contribution in [-0.4, -0.2) is 51.8 Å². The van der Waals surface area contributed by atoms with Crippen molar-refractivity contribution in [3.63, 3.8) is 0 Å². The van der Waals surface area contributed by atoms with Gasteiger partial charge < -0.3 is 18.9 Å². The molecule has 4 nitrogen and oxygen atoms in total. The standard InChI is InChI=1S/C56H98O4/c1-6-7-8-9-10-11-12-13-14-15-16-17-18-19-20-23-37-58-44-50(42-47-27-24-26-46(47)4)60-41-39-57-38-40-59-49-29-31-51-48(43-49)28-30-53-52(51)32-33-55-54(53)34-36-56(55,5)35-22-21-25-45(2)3/h10-11,13-14,28,45-47,49-55H,6-9,12,15-27,29-44H2,1-5H3/b11-10-,14-13-/t46-,47?,49+,50?,51?,52?,53?,54?,55?,56+/m1/s1. The first kappa shape index (κ1) is 50.1. The van der Waals surface area contributed by atoms with E-state index in [-0.39, 0.29) is 6.10 Å². The zero-order valence-corrected chi connectivity index (χ0v) is 40.3. The third-order valence-electron chi connectivity index (χ3n) is 16.6. The molecule has 0 radical (unpaired) electrons. The molecule has 60 heavy (non-hydrogen) atoms. The lowest BCUT2D eigenvalue weighted by Gasteiger charge is -2.51. The highest BCUT2D eigenvalue weighted by atomic mass is 16.6. The molecule has 0 N–H and O–H groups in total. The van der Waals surface area contributed by atoms with E-state index in [0.29, 0.717) is 37.9 Å². The van der Waals surface area contributed by atoms with Gasteiger partial charge in [-0.15, -0.1) is 0 Å². The zero-order valence-electron chi connectivity index (χ0n) is 40.3. The summed E-state index contributed by atoms with van der Waals surface area (Å²) in [5.74, 6) is 7.16. The molecule has 5 aliphatic rings. The number of hydrogen-bond acceptors (Lipinski definition) is 4. The molecule has 0 saturated heterocycles. The first-order valence-corrected chi connectivity index (χ1v) is 26.8. The normalized spacial score (nSPS) is 30.9. The van der Waals surface area contributed by atoms with E-state index in [0.717, 1.165) is 79.8 Å². The Labute approximate surface area is 372 Å². The van der Waals surface area contributed by atoms with E-state index in [1.54, 1.807) is 5.57 Å². The highest BCUT2D eigenvalue weighted by Crippen LogP contribution is 2.62. The van der Waals surface area contributed by atoms with Crippen LogP contribution in [0, 0.1) is 52.8 Å². The molecule has 4 heteroatoms. The van der Waals surface area contributed by atoms with Gasteiger partial charge in [0.1, 0.15) is 0 Å². The highest BCUT2D eigenvalue weighted by Gasteiger charge is 2.53. The summed E-state index contributed by atoms with van der Waals surface area (Å²) in [5, 5.41) is 0. The van der Waals surface area contributed by atoms with Crippen molar-refractivity contribution in [2.24, 2.45) is 52.8 Å². The van der Waals surface area contributed by atoms with Gasteiger partial charge in [0.05, 0.1) is 45.2 Å². The lowest BCUT2D eigenvalue weighted by Crippen LogP contribution is -2.43. The predicted octanol–water partition coefficient (Wildman–Crippen LogP) is 15.8. The molecule has 0 amide bonds. The SMILES string of the molecule is CCCCC/C=C\C/C=C\CCCCCCCCOCC(CC1CCC[C@H]1C)OCCOCCO[C@H]1CCC2C(=CCC3C2CCC2C3CC[C@]2(C)CCCCC(C)C)C1. The van der Waals surface area contributed by atoms with Crippen molar-refractivity contribution in [3.8, 4) is 0 Å². The summed E-state index contributed by atoms with van der Waals surface area (Å²) in [5.41, 5.74) is 2.37. The third-order valence-corrected chi connectivity index (χ3v) is 16.6. The van der Waals surface area contributed by atoms with E-state index in [4.69, 9.17) is 18.9 Å². The number of hydrogen-bond donors (Lipinski definition) is 0. The van der Waals surface area contributed by atoms with Crippen LogP contribution in [0.3, 0.4) is 0 Å². The quantitative estimate of drug-likeness (QED) is 0.0500. The Balaban J connectivity index is 0.886. The van der Waals surface area contributed by atoms with E-state index < -0.39 is 0 Å². The predicted molar refractivity (Wildman–Crippen MR) is 255 cm³/mol. The Morgan fingerprint density at radius 2 is 1.50 bits per heavy atom. The summed E-state index contributed by atoms with van der Waals surface area (Å²) >= 11 is 0. The molecule has 346 valence electrons. The van der Waals surface area contributed by atoms with Crippen LogP contribution in [0.1, 0.15) is 214 Å². The van der Waals surface area contributed by atoms with E-state index in [1.807, 2.05) is 0 Å². The molecule has 0 spiro atoms. The molecule has 0 aromatic rings. The van der Waals surface area contributed by atoms with Gasteiger partial charge in [-0.05, 0) is 155 Å². The van der Waals surface area contributed by atoms with Gasteiger partial charge in [0.25, 0.3) is 0 Å². The van der Waals surface area contributed by atoms with Crippen LogP contribution in [0.25, 0.3) is 0 Å². The first-order chi connectivity index (χ1) is 29.4. The van der Waals surface area contributed by atoms with E-state index in [2.05, 4.69) is 65.0 Å². The maximum Gasteiger partial charge on any atom is 0.0812 e. The molecule has 0 aromatic carbocycles. The minimum Gasteiger partial charge on any atom is -0.379 e. The van der Waals surface area contributed by atoms with E-state index in [9.17, 15) is 0 Å². The van der Waals surface area contributed by atoms with E-state index >= 15 is 0 Å². The van der Waals surface area contributed by atoms with Gasteiger partial charge in [0.2, 0.25) is 0 Å². The number of unbranched alkanes of at least 4 members (excludes halogenated alkanes) is 10. The maximum absolute atomic E-state index is 6.47. The summed E-state index contributed by atoms with van der Waals surface area (Å²) in [7, 11) is 0. The van der Waals surface area contributed by atoms with Crippen molar-refractivity contribution in [2.75, 3.05) is 39.6 Å². The molecule has 0 heterocycles. The second-order valence-electron chi connectivity index (χ2n) is 21.6. The second kappa shape index (κ2) is 28.8. The molecule has 5 rings (SSSR count). The number of allylic oxidation sites excluding steroid dienone is 5. The van der Waals surface area contributed by atoms with Gasteiger partial charge in [-0.2, -0.15) is 0 Å². The number of ether oxygens (including phenoxy) is 4. The minimum atomic E-state index is 0.186. The van der Waals surface area contributed by atoms with Crippen molar-refractivity contribution in [3.05, 3.63) is 36.0 Å². The summed E-state index contributed by atoms with van der Waals surface area (Å²) in [6.07, 6.45) is 50.1. The van der Waals surface area contributed by atoms with Crippen molar-refractivity contribution in [1.82, 2.24) is 0 Å². The molecular weight excluding hydrogens is 737 g/mol. The molecule has 5 aliphatic carbocycles. The average molecular weight is 835 g/mol. The van der Waals surface area contributed by atoms with Crippen LogP contribution in [0.5, 0.6) is 0 Å². The third kappa shape index (κ3) is 17.2. The Hall–Kier alpha value is -0.940. The van der Waals surface area contributed by atoms with Crippen molar-refractivity contribution >= 4 is 0 Å². The van der Waals surface area contributed by atoms with Crippen LogP contribution in [0.15, 0.2) is 36.0 Å².